The van der Waals surface area contributed by atoms with E-state index in [-0.39, 0.29) is 17.7 Å². The largest absolute Gasteiger partial charge is 0.481 e. The third-order valence-corrected chi connectivity index (χ3v) is 1.72. The molecule has 10 heavy (non-hydrogen) atoms. The Bertz CT molecular complexity index is 179. The van der Waals surface area contributed by atoms with E-state index in [1.54, 1.807) is 0 Å². The van der Waals surface area contributed by atoms with Crippen molar-refractivity contribution < 1.29 is 9.90 Å². The van der Waals surface area contributed by atoms with E-state index in [9.17, 15) is 4.79 Å². The van der Waals surface area contributed by atoms with Gasteiger partial charge in [-0.3, -0.25) is 10.2 Å². The zero-order valence-electron chi connectivity index (χ0n) is 5.50. The smallest absolute Gasteiger partial charge is 0.306 e. The van der Waals surface area contributed by atoms with Gasteiger partial charge in [-0.1, -0.05) is 0 Å². The summed E-state index contributed by atoms with van der Waals surface area (Å²) in [5, 5.41) is 15.3. The van der Waals surface area contributed by atoms with Gasteiger partial charge in [0.05, 0.1) is 11.8 Å². The number of carboxylic acid groups (broad SMARTS) is 1. The molecule has 1 saturated carbocycles. The highest BCUT2D eigenvalue weighted by atomic mass is 16.4. The fourth-order valence-electron chi connectivity index (χ4n) is 1.06. The number of nitrogens with two attached hydrogens (primary N) is 1. The number of hydrogen-bond donors (Lipinski definition) is 3. The molecule has 1 rings (SSSR count). The van der Waals surface area contributed by atoms with Crippen molar-refractivity contribution in [3.63, 3.8) is 0 Å². The lowest BCUT2D eigenvalue weighted by Crippen LogP contribution is -2.11. The topological polar surface area (TPSA) is 87.2 Å². The van der Waals surface area contributed by atoms with Crippen molar-refractivity contribution >= 4 is 11.8 Å². The van der Waals surface area contributed by atoms with Gasteiger partial charge in [-0.15, -0.1) is 0 Å². The van der Waals surface area contributed by atoms with Gasteiger partial charge in [0.15, 0.2) is 0 Å². The van der Waals surface area contributed by atoms with Crippen LogP contribution in [0.3, 0.4) is 0 Å². The third-order valence-electron chi connectivity index (χ3n) is 1.72. The third kappa shape index (κ3) is 1.46. The summed E-state index contributed by atoms with van der Waals surface area (Å²) >= 11 is 0. The summed E-state index contributed by atoms with van der Waals surface area (Å²) in [7, 11) is 0. The van der Waals surface area contributed by atoms with Crippen molar-refractivity contribution in [2.75, 3.05) is 0 Å². The van der Waals surface area contributed by atoms with Crippen molar-refractivity contribution in [1.82, 2.24) is 0 Å². The van der Waals surface area contributed by atoms with E-state index in [2.05, 4.69) is 0 Å². The second-order valence-corrected chi connectivity index (χ2v) is 2.67. The van der Waals surface area contributed by atoms with Crippen LogP contribution in [0, 0.1) is 17.2 Å². The predicted octanol–water partition coefficient (Wildman–Crippen LogP) is 0.0332. The lowest BCUT2D eigenvalue weighted by Gasteiger charge is -1.92. The fourth-order valence-corrected chi connectivity index (χ4v) is 1.06. The maximum Gasteiger partial charge on any atom is 0.306 e. The van der Waals surface area contributed by atoms with Gasteiger partial charge in [0.1, 0.15) is 0 Å². The van der Waals surface area contributed by atoms with Crippen LogP contribution in [0.2, 0.25) is 0 Å². The number of nitrogens with one attached hydrogen (secondary N) is 1. The van der Waals surface area contributed by atoms with E-state index in [0.29, 0.717) is 12.8 Å². The normalized spacial score (nSPS) is 29.6. The molecule has 0 aromatic heterocycles. The molecule has 4 N–H and O–H groups in total. The van der Waals surface area contributed by atoms with Crippen LogP contribution >= 0.6 is 0 Å². The molecule has 1 fully saturated rings. The molecular weight excluding hydrogens is 132 g/mol. The van der Waals surface area contributed by atoms with Crippen LogP contribution in [0.5, 0.6) is 0 Å². The van der Waals surface area contributed by atoms with E-state index in [1.807, 2.05) is 0 Å². The SMILES string of the molecule is N=C(N)C[C@H]1C[C@H]1C(=O)O. The molecular formula is C6H10N2O2. The Balaban J connectivity index is 2.26. The molecule has 1 aliphatic carbocycles. The van der Waals surface area contributed by atoms with Crippen LogP contribution in [0.25, 0.3) is 0 Å². The zero-order valence-corrected chi connectivity index (χ0v) is 5.50. The number of hydrogen-bond acceptors (Lipinski definition) is 2. The van der Waals surface area contributed by atoms with Gasteiger partial charge in [0.25, 0.3) is 0 Å². The van der Waals surface area contributed by atoms with Gasteiger partial charge < -0.3 is 10.8 Å². The Morgan fingerprint density at radius 1 is 1.80 bits per heavy atom. The number of rotatable bonds is 3. The average molecular weight is 142 g/mol. The molecule has 0 aliphatic heterocycles. The molecule has 0 aromatic carbocycles. The summed E-state index contributed by atoms with van der Waals surface area (Å²) in [4.78, 5) is 10.2. The molecule has 0 amide bonds. The summed E-state index contributed by atoms with van der Waals surface area (Å²) in [6.07, 6.45) is 1.13. The van der Waals surface area contributed by atoms with Crippen LogP contribution in [-0.4, -0.2) is 16.9 Å². The highest BCUT2D eigenvalue weighted by Crippen LogP contribution is 2.40. The van der Waals surface area contributed by atoms with Crippen LogP contribution in [-0.2, 0) is 4.79 Å². The molecule has 0 heterocycles. The van der Waals surface area contributed by atoms with Gasteiger partial charge in [-0.05, 0) is 12.3 Å². The monoisotopic (exact) mass is 142 g/mol. The quantitative estimate of drug-likeness (QED) is 0.384. The zero-order chi connectivity index (χ0) is 7.72. The van der Waals surface area contributed by atoms with E-state index in [4.69, 9.17) is 16.2 Å². The van der Waals surface area contributed by atoms with Gasteiger partial charge in [0.2, 0.25) is 0 Å². The minimum absolute atomic E-state index is 0.0914. The molecule has 4 heteroatoms. The Labute approximate surface area is 58.5 Å². The first kappa shape index (κ1) is 7.05. The fraction of sp³-hybridized carbons (Fsp3) is 0.667. The summed E-state index contributed by atoms with van der Waals surface area (Å²) in [6, 6.07) is 0. The predicted molar refractivity (Wildman–Crippen MR) is 35.8 cm³/mol. The van der Waals surface area contributed by atoms with Crippen LogP contribution in [0.4, 0.5) is 0 Å². The van der Waals surface area contributed by atoms with Crippen LogP contribution in [0.1, 0.15) is 12.8 Å². The van der Waals surface area contributed by atoms with Gasteiger partial charge in [0, 0.05) is 6.42 Å². The molecule has 0 saturated heterocycles. The maximum absolute atomic E-state index is 10.2. The number of amidine groups is 1. The highest BCUT2D eigenvalue weighted by Gasteiger charge is 2.43. The van der Waals surface area contributed by atoms with Crippen molar-refractivity contribution in [3.05, 3.63) is 0 Å². The van der Waals surface area contributed by atoms with Gasteiger partial charge >= 0.3 is 5.97 Å². The first-order chi connectivity index (χ1) is 4.61. The van der Waals surface area contributed by atoms with Crippen molar-refractivity contribution in [2.24, 2.45) is 17.6 Å². The Hall–Kier alpha value is -1.06. The standard InChI is InChI=1S/C6H10N2O2/c7-5(8)2-3-1-4(3)6(9)10/h3-4H,1-2H2,(H3,7,8)(H,9,10)/t3-,4-/m1/s1. The maximum atomic E-state index is 10.2. The van der Waals surface area contributed by atoms with E-state index < -0.39 is 5.97 Å². The van der Waals surface area contributed by atoms with Crippen molar-refractivity contribution in [3.8, 4) is 0 Å². The summed E-state index contributed by atoms with van der Waals surface area (Å²) in [6.45, 7) is 0. The molecule has 0 bridgehead atoms. The Kier molecular flexibility index (Phi) is 1.61. The van der Waals surface area contributed by atoms with Crippen LogP contribution in [0.15, 0.2) is 0 Å². The molecule has 56 valence electrons. The Morgan fingerprint density at radius 2 is 2.40 bits per heavy atom. The first-order valence-electron chi connectivity index (χ1n) is 3.17. The molecule has 2 atom stereocenters. The van der Waals surface area contributed by atoms with E-state index >= 15 is 0 Å². The van der Waals surface area contributed by atoms with E-state index in [0.717, 1.165) is 0 Å². The first-order valence-corrected chi connectivity index (χ1v) is 3.17. The average Bonchev–Trinajstić information content (AvgIpc) is 2.43. The number of carbonyl (C=O) groups is 1. The summed E-state index contributed by atoms with van der Waals surface area (Å²) in [5.41, 5.74) is 5.09. The molecule has 0 unspecified atom stereocenters. The van der Waals surface area contributed by atoms with E-state index in [1.165, 1.54) is 0 Å². The molecule has 0 aromatic rings. The highest BCUT2D eigenvalue weighted by molar-refractivity contribution is 5.80. The second kappa shape index (κ2) is 2.28. The summed E-state index contributed by atoms with van der Waals surface area (Å²) in [5.74, 6) is -0.765. The van der Waals surface area contributed by atoms with Crippen molar-refractivity contribution in [2.45, 2.75) is 12.8 Å². The molecule has 4 nitrogen and oxygen atoms in total. The summed E-state index contributed by atoms with van der Waals surface area (Å²) < 4.78 is 0. The lowest BCUT2D eigenvalue weighted by molar-refractivity contribution is -0.138. The van der Waals surface area contributed by atoms with Gasteiger partial charge in [-0.2, -0.15) is 0 Å². The Morgan fingerprint density at radius 3 is 2.70 bits per heavy atom. The molecule has 0 radical (unpaired) electrons. The minimum Gasteiger partial charge on any atom is -0.481 e. The minimum atomic E-state index is -0.758. The van der Waals surface area contributed by atoms with Crippen LogP contribution < -0.4 is 5.73 Å². The number of carboxylic acids is 1. The number of aliphatic carboxylic acids is 1. The van der Waals surface area contributed by atoms with Gasteiger partial charge in [-0.25, -0.2) is 0 Å². The molecule has 0 spiro atoms. The van der Waals surface area contributed by atoms with Crippen molar-refractivity contribution in [1.29, 1.82) is 5.41 Å². The second-order valence-electron chi connectivity index (χ2n) is 2.67. The lowest BCUT2D eigenvalue weighted by atomic mass is 10.2. The molecule has 1 aliphatic rings.